The zero-order chi connectivity index (χ0) is 20.5. The number of carbonyl (C=O) groups excluding carboxylic acids is 1. The van der Waals surface area contributed by atoms with Gasteiger partial charge >= 0.3 is 5.97 Å². The lowest BCUT2D eigenvalue weighted by Crippen LogP contribution is -2.42. The van der Waals surface area contributed by atoms with Gasteiger partial charge in [-0.3, -0.25) is 9.59 Å². The van der Waals surface area contributed by atoms with Crippen molar-refractivity contribution in [3.8, 4) is 11.5 Å². The molecule has 29 heavy (non-hydrogen) atoms. The Balaban J connectivity index is 1.72. The largest absolute Gasteiger partial charge is 0.493 e. The van der Waals surface area contributed by atoms with Gasteiger partial charge in [0.25, 0.3) is 0 Å². The van der Waals surface area contributed by atoms with Gasteiger partial charge < -0.3 is 23.9 Å². The van der Waals surface area contributed by atoms with E-state index < -0.39 is 17.8 Å². The fraction of sp³-hybridized carbons (Fsp3) is 0.364. The number of benzene rings is 1. The number of carboxylic acid groups (broad SMARTS) is 1. The Morgan fingerprint density at radius 1 is 1.10 bits per heavy atom. The van der Waals surface area contributed by atoms with Crippen molar-refractivity contribution in [3.63, 3.8) is 0 Å². The minimum Gasteiger partial charge on any atom is -0.493 e. The molecule has 0 aliphatic heterocycles. The number of hydrogen-bond acceptors (Lipinski definition) is 5. The molecule has 2 aliphatic rings. The second kappa shape index (κ2) is 7.66. The van der Waals surface area contributed by atoms with Crippen molar-refractivity contribution in [1.29, 1.82) is 0 Å². The summed E-state index contributed by atoms with van der Waals surface area (Å²) in [5.41, 5.74) is 0.597. The zero-order valence-electron chi connectivity index (χ0n) is 16.3. The molecule has 0 saturated heterocycles. The van der Waals surface area contributed by atoms with E-state index in [0.717, 1.165) is 0 Å². The van der Waals surface area contributed by atoms with Gasteiger partial charge in [-0.05, 0) is 42.5 Å². The lowest BCUT2D eigenvalue weighted by molar-refractivity contribution is -0.147. The molecule has 1 N–H and O–H groups in total. The fourth-order valence-electron chi connectivity index (χ4n) is 4.52. The molecule has 1 heterocycles. The highest BCUT2D eigenvalue weighted by Gasteiger charge is 2.52. The summed E-state index contributed by atoms with van der Waals surface area (Å²) in [5.74, 6) is -0.975. The predicted molar refractivity (Wildman–Crippen MR) is 105 cm³/mol. The van der Waals surface area contributed by atoms with Gasteiger partial charge in [-0.25, -0.2) is 0 Å². The van der Waals surface area contributed by atoms with Crippen LogP contribution in [0.4, 0.5) is 5.69 Å². The molecule has 1 amide bonds. The van der Waals surface area contributed by atoms with Gasteiger partial charge in [0.05, 0.1) is 38.9 Å². The van der Waals surface area contributed by atoms with Crippen molar-refractivity contribution >= 4 is 17.6 Å². The van der Waals surface area contributed by atoms with Crippen LogP contribution in [0.15, 0.2) is 53.2 Å². The Morgan fingerprint density at radius 3 is 2.45 bits per heavy atom. The highest BCUT2D eigenvalue weighted by atomic mass is 16.5. The highest BCUT2D eigenvalue weighted by molar-refractivity contribution is 5.98. The molecule has 4 rings (SSSR count). The second-order valence-corrected chi connectivity index (χ2v) is 7.38. The Bertz CT molecular complexity index is 935. The van der Waals surface area contributed by atoms with Crippen molar-refractivity contribution in [1.82, 2.24) is 0 Å². The summed E-state index contributed by atoms with van der Waals surface area (Å²) >= 11 is 0. The van der Waals surface area contributed by atoms with E-state index in [1.54, 1.807) is 48.6 Å². The first-order chi connectivity index (χ1) is 14.0. The Morgan fingerprint density at radius 2 is 1.83 bits per heavy atom. The van der Waals surface area contributed by atoms with Crippen LogP contribution in [0.2, 0.25) is 0 Å². The van der Waals surface area contributed by atoms with E-state index in [2.05, 4.69) is 0 Å². The third-order valence-corrected chi connectivity index (χ3v) is 5.87. The molecule has 0 spiro atoms. The molecule has 1 fully saturated rings. The number of nitrogens with zero attached hydrogens (tertiary/aromatic N) is 1. The Labute approximate surface area is 168 Å². The number of methoxy groups -OCH3 is 2. The van der Waals surface area contributed by atoms with E-state index >= 15 is 0 Å². The van der Waals surface area contributed by atoms with E-state index in [0.29, 0.717) is 29.4 Å². The quantitative estimate of drug-likeness (QED) is 0.721. The summed E-state index contributed by atoms with van der Waals surface area (Å²) in [6.07, 6.45) is 6.16. The third kappa shape index (κ3) is 3.37. The number of carboxylic acids is 1. The minimum atomic E-state index is -0.925. The van der Waals surface area contributed by atoms with Crippen LogP contribution >= 0.6 is 0 Å². The smallest absolute Gasteiger partial charge is 0.307 e. The number of carbonyl (C=O) groups is 2. The first-order valence-corrected chi connectivity index (χ1v) is 9.50. The SMILES string of the molecule is COc1ccc(N(Cc2ccco2)C(=O)C2C3C=CC(C3)C2C(=O)O)cc1OC. The van der Waals surface area contributed by atoms with Crippen molar-refractivity contribution in [2.75, 3.05) is 19.1 Å². The molecule has 7 heteroatoms. The standard InChI is InChI=1S/C22H23NO6/c1-27-17-8-7-15(11-18(17)28-2)23(12-16-4-3-9-29-16)21(24)19-13-5-6-14(10-13)20(19)22(25)26/h3-9,11,13-14,19-20H,10,12H2,1-2H3,(H,25,26). The number of allylic oxidation sites excluding steroid dienone is 2. The monoisotopic (exact) mass is 397 g/mol. The first-order valence-electron chi connectivity index (χ1n) is 9.50. The van der Waals surface area contributed by atoms with Crippen LogP contribution in [0.25, 0.3) is 0 Å². The number of ether oxygens (including phenoxy) is 2. The third-order valence-electron chi connectivity index (χ3n) is 5.87. The molecule has 1 saturated carbocycles. The van der Waals surface area contributed by atoms with E-state index in [1.807, 2.05) is 12.2 Å². The normalized spacial score (nSPS) is 24.5. The highest BCUT2D eigenvalue weighted by Crippen LogP contribution is 2.49. The summed E-state index contributed by atoms with van der Waals surface area (Å²) < 4.78 is 16.1. The maximum Gasteiger partial charge on any atom is 0.307 e. The number of aliphatic carboxylic acids is 1. The molecular formula is C22H23NO6. The molecule has 2 bridgehead atoms. The maximum atomic E-state index is 13.6. The number of anilines is 1. The van der Waals surface area contributed by atoms with Crippen molar-refractivity contribution in [2.45, 2.75) is 13.0 Å². The average molecular weight is 397 g/mol. The lowest BCUT2D eigenvalue weighted by Gasteiger charge is -2.31. The molecule has 0 radical (unpaired) electrons. The molecule has 2 aromatic rings. The van der Waals surface area contributed by atoms with Crippen molar-refractivity contribution in [3.05, 3.63) is 54.5 Å². The van der Waals surface area contributed by atoms with Crippen molar-refractivity contribution in [2.24, 2.45) is 23.7 Å². The first kappa shape index (κ1) is 19.1. The van der Waals surface area contributed by atoms with Crippen LogP contribution in [0.3, 0.4) is 0 Å². The summed E-state index contributed by atoms with van der Waals surface area (Å²) in [4.78, 5) is 27.1. The van der Waals surface area contributed by atoms with Gasteiger partial charge in [0, 0.05) is 11.8 Å². The molecule has 152 valence electrons. The summed E-state index contributed by atoms with van der Waals surface area (Å²) in [6.45, 7) is 0.200. The molecule has 2 aliphatic carbocycles. The number of amides is 1. The molecular weight excluding hydrogens is 374 g/mol. The number of furan rings is 1. The molecule has 4 atom stereocenters. The van der Waals surface area contributed by atoms with E-state index in [4.69, 9.17) is 13.9 Å². The molecule has 1 aromatic heterocycles. The topological polar surface area (TPSA) is 89.2 Å². The predicted octanol–water partition coefficient (Wildman–Crippen LogP) is 3.35. The van der Waals surface area contributed by atoms with Gasteiger partial charge in [-0.15, -0.1) is 0 Å². The number of hydrogen-bond donors (Lipinski definition) is 1. The molecule has 1 aromatic carbocycles. The fourth-order valence-corrected chi connectivity index (χ4v) is 4.52. The van der Waals surface area contributed by atoms with Crippen LogP contribution in [0, 0.1) is 23.7 Å². The second-order valence-electron chi connectivity index (χ2n) is 7.38. The summed E-state index contributed by atoms with van der Waals surface area (Å²) in [6, 6.07) is 8.76. The van der Waals surface area contributed by atoms with Crippen LogP contribution in [0.5, 0.6) is 11.5 Å². The van der Waals surface area contributed by atoms with Gasteiger partial charge in [0.15, 0.2) is 11.5 Å². The van der Waals surface area contributed by atoms with E-state index in [9.17, 15) is 14.7 Å². The minimum absolute atomic E-state index is 0.0622. The van der Waals surface area contributed by atoms with Gasteiger partial charge in [0.2, 0.25) is 5.91 Å². The van der Waals surface area contributed by atoms with Gasteiger partial charge in [-0.1, -0.05) is 12.2 Å². The maximum absolute atomic E-state index is 13.6. The van der Waals surface area contributed by atoms with Crippen LogP contribution < -0.4 is 14.4 Å². The Kier molecular flexibility index (Phi) is 5.05. The number of fused-ring (bicyclic) bond motifs is 2. The van der Waals surface area contributed by atoms with Crippen LogP contribution in [-0.2, 0) is 16.1 Å². The molecule has 7 nitrogen and oxygen atoms in total. The van der Waals surface area contributed by atoms with E-state index in [-0.39, 0.29) is 24.3 Å². The average Bonchev–Trinajstić information content (AvgIpc) is 3.48. The number of rotatable bonds is 7. The van der Waals surface area contributed by atoms with E-state index in [1.165, 1.54) is 7.11 Å². The lowest BCUT2D eigenvalue weighted by atomic mass is 9.82. The summed E-state index contributed by atoms with van der Waals surface area (Å²) in [7, 11) is 3.07. The molecule has 4 unspecified atom stereocenters. The summed E-state index contributed by atoms with van der Waals surface area (Å²) in [5, 5.41) is 9.75. The van der Waals surface area contributed by atoms with Crippen LogP contribution in [-0.4, -0.2) is 31.2 Å². The van der Waals surface area contributed by atoms with Crippen LogP contribution in [0.1, 0.15) is 12.2 Å². The van der Waals surface area contributed by atoms with Gasteiger partial charge in [0.1, 0.15) is 5.76 Å². The zero-order valence-corrected chi connectivity index (χ0v) is 16.3. The Hall–Kier alpha value is -3.22. The van der Waals surface area contributed by atoms with Crippen molar-refractivity contribution < 1.29 is 28.6 Å². The van der Waals surface area contributed by atoms with Gasteiger partial charge in [-0.2, -0.15) is 0 Å².